The molecule has 0 bridgehead atoms. The normalized spacial score (nSPS) is 10.3. The van der Waals surface area contributed by atoms with Gasteiger partial charge in [0.15, 0.2) is 0 Å². The van der Waals surface area contributed by atoms with Gasteiger partial charge in [0, 0.05) is 12.1 Å². The van der Waals surface area contributed by atoms with Crippen LogP contribution in [0.25, 0.3) is 11.3 Å². The number of esters is 1. The summed E-state index contributed by atoms with van der Waals surface area (Å²) in [4.78, 5) is 33.8. The average molecular weight is 510 g/mol. The van der Waals surface area contributed by atoms with Crippen LogP contribution < -0.4 is 10.6 Å². The third-order valence-electron chi connectivity index (χ3n) is 5.69. The first-order valence-electron chi connectivity index (χ1n) is 11.8. The van der Waals surface area contributed by atoms with Crippen molar-refractivity contribution in [3.63, 3.8) is 0 Å². The van der Waals surface area contributed by atoms with E-state index in [-0.39, 0.29) is 23.6 Å². The van der Waals surface area contributed by atoms with Gasteiger partial charge in [-0.05, 0) is 54.4 Å². The molecule has 0 aliphatic rings. The van der Waals surface area contributed by atoms with Gasteiger partial charge >= 0.3 is 5.97 Å². The molecular weight excluding hydrogens is 485 g/mol. The lowest BCUT2D eigenvalue weighted by Crippen LogP contribution is -2.25. The summed E-state index contributed by atoms with van der Waals surface area (Å²) in [7, 11) is 1.27. The standard InChI is InChI=1S/C29H24FN5O3/c1-38-29(37)26-11-5-9-22(34-26)18-33-28(36)24-12-13-25(23-10-3-2-7-20(23)17-31)35-27(24)32-15-14-19-6-4-8-21(30)16-19/h2-13,16H,14-15,18H2,1H3,(H,32,35)(H,33,36). The molecule has 0 saturated heterocycles. The van der Waals surface area contributed by atoms with Crippen LogP contribution in [0.15, 0.2) is 78.9 Å². The van der Waals surface area contributed by atoms with Crippen molar-refractivity contribution in [3.8, 4) is 17.3 Å². The van der Waals surface area contributed by atoms with E-state index >= 15 is 0 Å². The van der Waals surface area contributed by atoms with Crippen LogP contribution in [0.1, 0.15) is 37.7 Å². The van der Waals surface area contributed by atoms with Crippen molar-refractivity contribution in [1.29, 1.82) is 5.26 Å². The van der Waals surface area contributed by atoms with Crippen LogP contribution in [0.5, 0.6) is 0 Å². The van der Waals surface area contributed by atoms with Crippen molar-refractivity contribution >= 4 is 17.7 Å². The lowest BCUT2D eigenvalue weighted by molar-refractivity contribution is 0.0593. The molecule has 0 atom stereocenters. The summed E-state index contributed by atoms with van der Waals surface area (Å²) < 4.78 is 18.3. The number of ether oxygens (including phenoxy) is 1. The predicted octanol–water partition coefficient (Wildman–Crippen LogP) is 4.53. The first-order chi connectivity index (χ1) is 18.5. The summed E-state index contributed by atoms with van der Waals surface area (Å²) in [5, 5.41) is 15.5. The van der Waals surface area contributed by atoms with Gasteiger partial charge in [0.2, 0.25) is 0 Å². The van der Waals surface area contributed by atoms with Crippen LogP contribution in [0.4, 0.5) is 10.2 Å². The summed E-state index contributed by atoms with van der Waals surface area (Å²) in [6, 6.07) is 23.7. The zero-order chi connectivity index (χ0) is 26.9. The number of carbonyl (C=O) groups excluding carboxylic acids is 2. The second-order valence-electron chi connectivity index (χ2n) is 8.25. The highest BCUT2D eigenvalue weighted by Crippen LogP contribution is 2.25. The van der Waals surface area contributed by atoms with Gasteiger partial charge in [0.1, 0.15) is 17.3 Å². The summed E-state index contributed by atoms with van der Waals surface area (Å²) in [5.74, 6) is -0.974. The summed E-state index contributed by atoms with van der Waals surface area (Å²) in [5.41, 5.74) is 3.32. The van der Waals surface area contributed by atoms with Crippen molar-refractivity contribution in [1.82, 2.24) is 15.3 Å². The number of nitrogens with one attached hydrogen (secondary N) is 2. The lowest BCUT2D eigenvalue weighted by atomic mass is 10.0. The van der Waals surface area contributed by atoms with E-state index < -0.39 is 11.9 Å². The van der Waals surface area contributed by atoms with E-state index in [1.807, 2.05) is 12.1 Å². The van der Waals surface area contributed by atoms with Crippen LogP contribution in [0, 0.1) is 17.1 Å². The molecule has 1 amide bonds. The number of amides is 1. The zero-order valence-electron chi connectivity index (χ0n) is 20.6. The molecule has 0 spiro atoms. The molecule has 38 heavy (non-hydrogen) atoms. The topological polar surface area (TPSA) is 117 Å². The average Bonchev–Trinajstić information content (AvgIpc) is 2.95. The highest BCUT2D eigenvalue weighted by Gasteiger charge is 2.16. The maximum absolute atomic E-state index is 13.6. The Morgan fingerprint density at radius 3 is 2.61 bits per heavy atom. The van der Waals surface area contributed by atoms with Crippen LogP contribution in [-0.2, 0) is 17.7 Å². The number of nitrogens with zero attached hydrogens (tertiary/aromatic N) is 3. The molecule has 4 rings (SSSR count). The Labute approximate surface area is 219 Å². The van der Waals surface area contributed by atoms with E-state index in [1.165, 1.54) is 25.3 Å². The second kappa shape index (κ2) is 12.2. The lowest BCUT2D eigenvalue weighted by Gasteiger charge is -2.14. The number of methoxy groups -OCH3 is 1. The fraction of sp³-hybridized carbons (Fsp3) is 0.138. The summed E-state index contributed by atoms with van der Waals surface area (Å²) in [6.07, 6.45) is 0.504. The molecule has 0 aliphatic heterocycles. The van der Waals surface area contributed by atoms with Gasteiger partial charge in [0.25, 0.3) is 5.91 Å². The number of benzene rings is 2. The zero-order valence-corrected chi connectivity index (χ0v) is 20.6. The number of rotatable bonds is 9. The Bertz CT molecular complexity index is 1520. The number of carbonyl (C=O) groups is 2. The molecular formula is C29H24FN5O3. The van der Waals surface area contributed by atoms with Crippen LogP contribution in [-0.4, -0.2) is 35.5 Å². The maximum atomic E-state index is 13.6. The molecule has 4 aromatic rings. The Hall–Kier alpha value is -5.10. The minimum atomic E-state index is -0.569. The fourth-order valence-corrected chi connectivity index (χ4v) is 3.81. The van der Waals surface area contributed by atoms with Crippen molar-refractivity contribution in [2.24, 2.45) is 0 Å². The molecule has 0 radical (unpaired) electrons. The maximum Gasteiger partial charge on any atom is 0.356 e. The van der Waals surface area contributed by atoms with Crippen molar-refractivity contribution in [2.45, 2.75) is 13.0 Å². The number of hydrogen-bond acceptors (Lipinski definition) is 7. The van der Waals surface area contributed by atoms with Gasteiger partial charge in [-0.15, -0.1) is 0 Å². The van der Waals surface area contributed by atoms with E-state index in [9.17, 15) is 19.2 Å². The molecule has 0 saturated carbocycles. The van der Waals surface area contributed by atoms with Gasteiger partial charge in [0.05, 0.1) is 42.2 Å². The SMILES string of the molecule is COC(=O)c1cccc(CNC(=O)c2ccc(-c3ccccc3C#N)nc2NCCc2cccc(F)c2)n1. The molecule has 0 fully saturated rings. The second-order valence-corrected chi connectivity index (χ2v) is 8.25. The van der Waals surface area contributed by atoms with Crippen LogP contribution in [0.3, 0.4) is 0 Å². The number of anilines is 1. The number of nitriles is 1. The van der Waals surface area contributed by atoms with Crippen LogP contribution in [0.2, 0.25) is 0 Å². The van der Waals surface area contributed by atoms with E-state index in [0.29, 0.717) is 41.3 Å². The molecule has 190 valence electrons. The highest BCUT2D eigenvalue weighted by molar-refractivity contribution is 5.99. The number of hydrogen-bond donors (Lipinski definition) is 2. The molecule has 9 heteroatoms. The molecule has 0 unspecified atom stereocenters. The molecule has 2 aromatic heterocycles. The Morgan fingerprint density at radius 1 is 1.00 bits per heavy atom. The molecule has 2 heterocycles. The number of halogens is 1. The monoisotopic (exact) mass is 509 g/mol. The molecule has 2 aromatic carbocycles. The van der Waals surface area contributed by atoms with Gasteiger partial charge in [-0.25, -0.2) is 19.2 Å². The van der Waals surface area contributed by atoms with Crippen molar-refractivity contribution in [3.05, 3.63) is 113 Å². The summed E-state index contributed by atoms with van der Waals surface area (Å²) >= 11 is 0. The van der Waals surface area contributed by atoms with Gasteiger partial charge in [-0.1, -0.05) is 36.4 Å². The van der Waals surface area contributed by atoms with Crippen LogP contribution >= 0.6 is 0 Å². The van der Waals surface area contributed by atoms with Gasteiger partial charge in [-0.3, -0.25) is 4.79 Å². The quantitative estimate of drug-likeness (QED) is 0.319. The molecule has 8 nitrogen and oxygen atoms in total. The van der Waals surface area contributed by atoms with Gasteiger partial charge in [-0.2, -0.15) is 5.26 Å². The smallest absolute Gasteiger partial charge is 0.356 e. The van der Waals surface area contributed by atoms with Crippen molar-refractivity contribution in [2.75, 3.05) is 19.0 Å². The van der Waals surface area contributed by atoms with Crippen molar-refractivity contribution < 1.29 is 18.7 Å². The minimum Gasteiger partial charge on any atom is -0.464 e. The predicted molar refractivity (Wildman–Crippen MR) is 140 cm³/mol. The van der Waals surface area contributed by atoms with E-state index in [0.717, 1.165) is 5.56 Å². The number of pyridine rings is 2. The van der Waals surface area contributed by atoms with E-state index in [2.05, 4.69) is 26.7 Å². The Kier molecular flexibility index (Phi) is 8.36. The largest absolute Gasteiger partial charge is 0.464 e. The molecule has 0 aliphatic carbocycles. The Morgan fingerprint density at radius 2 is 1.82 bits per heavy atom. The minimum absolute atomic E-state index is 0.0748. The first-order valence-corrected chi connectivity index (χ1v) is 11.8. The fourth-order valence-electron chi connectivity index (χ4n) is 3.81. The molecule has 2 N–H and O–H groups in total. The van der Waals surface area contributed by atoms with Gasteiger partial charge < -0.3 is 15.4 Å². The number of aromatic nitrogens is 2. The summed E-state index contributed by atoms with van der Waals surface area (Å²) in [6.45, 7) is 0.466. The van der Waals surface area contributed by atoms with E-state index in [4.69, 9.17) is 4.74 Å². The third kappa shape index (κ3) is 6.36. The third-order valence-corrected chi connectivity index (χ3v) is 5.69. The first kappa shape index (κ1) is 26.0. The highest BCUT2D eigenvalue weighted by atomic mass is 19.1. The Balaban J connectivity index is 1.57. The van der Waals surface area contributed by atoms with E-state index in [1.54, 1.807) is 48.5 Å².